The molecule has 0 aliphatic rings. The molecule has 2 aromatic heterocycles. The van der Waals surface area contributed by atoms with Gasteiger partial charge in [0, 0.05) is 12.7 Å². The second kappa shape index (κ2) is 6.79. The van der Waals surface area contributed by atoms with E-state index in [1.165, 1.54) is 0 Å². The van der Waals surface area contributed by atoms with E-state index in [4.69, 9.17) is 0 Å². The molecule has 20 heavy (non-hydrogen) atoms. The lowest BCUT2D eigenvalue weighted by atomic mass is 10.1. The lowest BCUT2D eigenvalue weighted by Crippen LogP contribution is -2.07. The van der Waals surface area contributed by atoms with Crippen LogP contribution in [0.1, 0.15) is 31.5 Å². The summed E-state index contributed by atoms with van der Waals surface area (Å²) in [7, 11) is 0. The van der Waals surface area contributed by atoms with E-state index in [0.717, 1.165) is 46.6 Å². The summed E-state index contributed by atoms with van der Waals surface area (Å²) in [6.45, 7) is 7.10. The Bertz CT molecular complexity index is 598. The van der Waals surface area contributed by atoms with Gasteiger partial charge in [0.1, 0.15) is 11.5 Å². The highest BCUT2D eigenvalue weighted by atomic mass is 79.9. The highest BCUT2D eigenvalue weighted by Gasteiger charge is 2.13. The van der Waals surface area contributed by atoms with E-state index in [9.17, 15) is 0 Å². The first kappa shape index (κ1) is 14.9. The molecule has 0 unspecified atom stereocenters. The van der Waals surface area contributed by atoms with Crippen molar-refractivity contribution in [1.82, 2.24) is 15.0 Å². The van der Waals surface area contributed by atoms with Crippen LogP contribution in [-0.2, 0) is 6.42 Å². The number of hydrogen-bond donors (Lipinski definition) is 1. The van der Waals surface area contributed by atoms with E-state index in [1.54, 1.807) is 6.20 Å². The van der Waals surface area contributed by atoms with Crippen molar-refractivity contribution in [3.05, 3.63) is 34.1 Å². The third-order valence-electron chi connectivity index (χ3n) is 3.04. The molecule has 0 fully saturated rings. The monoisotopic (exact) mass is 334 g/mol. The minimum absolute atomic E-state index is 0.682. The van der Waals surface area contributed by atoms with Crippen LogP contribution < -0.4 is 5.32 Å². The molecule has 5 heteroatoms. The van der Waals surface area contributed by atoms with E-state index < -0.39 is 0 Å². The summed E-state index contributed by atoms with van der Waals surface area (Å²) in [5.74, 6) is 1.52. The Labute approximate surface area is 128 Å². The molecule has 0 aliphatic heterocycles. The summed E-state index contributed by atoms with van der Waals surface area (Å²) in [5, 5.41) is 3.33. The molecule has 0 aliphatic carbocycles. The molecule has 106 valence electrons. The minimum Gasteiger partial charge on any atom is -0.369 e. The van der Waals surface area contributed by atoms with Crippen molar-refractivity contribution in [2.75, 3.05) is 11.9 Å². The van der Waals surface area contributed by atoms with E-state index >= 15 is 0 Å². The van der Waals surface area contributed by atoms with Crippen LogP contribution in [0, 0.1) is 6.92 Å². The zero-order chi connectivity index (χ0) is 14.5. The van der Waals surface area contributed by atoms with Gasteiger partial charge in [0.15, 0.2) is 5.82 Å². The molecule has 1 N–H and O–H groups in total. The first-order valence-electron chi connectivity index (χ1n) is 6.89. The van der Waals surface area contributed by atoms with E-state index in [-0.39, 0.29) is 0 Å². The van der Waals surface area contributed by atoms with Gasteiger partial charge in [-0.1, -0.05) is 19.9 Å². The normalized spacial score (nSPS) is 10.6. The number of nitrogens with zero attached hydrogens (tertiary/aromatic N) is 3. The van der Waals surface area contributed by atoms with Crippen LogP contribution in [0.5, 0.6) is 0 Å². The average Bonchev–Trinajstić information content (AvgIpc) is 2.48. The molecular weight excluding hydrogens is 316 g/mol. The Balaban J connectivity index is 2.49. The smallest absolute Gasteiger partial charge is 0.180 e. The summed E-state index contributed by atoms with van der Waals surface area (Å²) in [6.07, 6.45) is 3.75. The van der Waals surface area contributed by atoms with Crippen LogP contribution >= 0.6 is 15.9 Å². The van der Waals surface area contributed by atoms with E-state index in [2.05, 4.69) is 56.1 Å². The number of aromatic nitrogens is 3. The van der Waals surface area contributed by atoms with E-state index in [1.807, 2.05) is 13.0 Å². The molecule has 2 aromatic rings. The molecule has 2 rings (SSSR count). The average molecular weight is 335 g/mol. The third-order valence-corrected chi connectivity index (χ3v) is 3.99. The van der Waals surface area contributed by atoms with Crippen molar-refractivity contribution < 1.29 is 0 Å². The molecule has 0 saturated heterocycles. The highest BCUT2D eigenvalue weighted by molar-refractivity contribution is 9.10. The van der Waals surface area contributed by atoms with Crippen molar-refractivity contribution >= 4 is 21.7 Å². The van der Waals surface area contributed by atoms with Crippen molar-refractivity contribution in [2.24, 2.45) is 0 Å². The maximum Gasteiger partial charge on any atom is 0.180 e. The van der Waals surface area contributed by atoms with Gasteiger partial charge < -0.3 is 5.32 Å². The Morgan fingerprint density at radius 3 is 2.75 bits per heavy atom. The Morgan fingerprint density at radius 1 is 1.25 bits per heavy atom. The van der Waals surface area contributed by atoms with Gasteiger partial charge >= 0.3 is 0 Å². The van der Waals surface area contributed by atoms with Crippen molar-refractivity contribution in [3.8, 4) is 11.5 Å². The predicted octanol–water partition coefficient (Wildman–Crippen LogP) is 3.99. The van der Waals surface area contributed by atoms with Crippen LogP contribution in [-0.4, -0.2) is 21.5 Å². The molecule has 0 amide bonds. The Hall–Kier alpha value is -1.49. The number of hydrogen-bond acceptors (Lipinski definition) is 4. The fourth-order valence-corrected chi connectivity index (χ4v) is 2.27. The number of anilines is 1. The summed E-state index contributed by atoms with van der Waals surface area (Å²) in [4.78, 5) is 13.6. The second-order valence-electron chi connectivity index (χ2n) is 4.59. The molecule has 0 radical (unpaired) electrons. The molecule has 0 spiro atoms. The maximum absolute atomic E-state index is 4.62. The zero-order valence-electron chi connectivity index (χ0n) is 12.1. The largest absolute Gasteiger partial charge is 0.369 e. The predicted molar refractivity (Wildman–Crippen MR) is 85.9 cm³/mol. The van der Waals surface area contributed by atoms with Crippen LogP contribution in [0.25, 0.3) is 11.5 Å². The lowest BCUT2D eigenvalue weighted by Gasteiger charge is -2.12. The third kappa shape index (κ3) is 3.15. The number of halogens is 1. The zero-order valence-corrected chi connectivity index (χ0v) is 13.7. The summed E-state index contributed by atoms with van der Waals surface area (Å²) in [6, 6.07) is 4.02. The van der Waals surface area contributed by atoms with Gasteiger partial charge in [0.25, 0.3) is 0 Å². The number of nitrogens with one attached hydrogen (secondary N) is 1. The number of pyridine rings is 1. The minimum atomic E-state index is 0.682. The Kier molecular flexibility index (Phi) is 5.06. The maximum atomic E-state index is 4.62. The van der Waals surface area contributed by atoms with Crippen molar-refractivity contribution in [2.45, 2.75) is 33.6 Å². The molecule has 0 saturated carbocycles. The van der Waals surface area contributed by atoms with Gasteiger partial charge in [-0.25, -0.2) is 9.97 Å². The standard InChI is InChI=1S/C15H19BrN4/c1-4-8-18-14-12(16)10(3)19-15(20-14)13-11(5-2)7-6-9-17-13/h6-7,9H,4-5,8H2,1-3H3,(H,18,19,20). The molecule has 0 aromatic carbocycles. The van der Waals surface area contributed by atoms with Gasteiger partial charge in [-0.15, -0.1) is 0 Å². The van der Waals surface area contributed by atoms with Crippen LogP contribution in [0.4, 0.5) is 5.82 Å². The van der Waals surface area contributed by atoms with Crippen molar-refractivity contribution in [1.29, 1.82) is 0 Å². The fraction of sp³-hybridized carbons (Fsp3) is 0.400. The van der Waals surface area contributed by atoms with Crippen LogP contribution in [0.15, 0.2) is 22.8 Å². The van der Waals surface area contributed by atoms with Crippen LogP contribution in [0.2, 0.25) is 0 Å². The van der Waals surface area contributed by atoms with Gasteiger partial charge in [0.2, 0.25) is 0 Å². The fourth-order valence-electron chi connectivity index (χ4n) is 1.95. The number of aryl methyl sites for hydroxylation is 2. The molecule has 0 atom stereocenters. The molecule has 2 heterocycles. The van der Waals surface area contributed by atoms with Crippen LogP contribution in [0.3, 0.4) is 0 Å². The van der Waals surface area contributed by atoms with Gasteiger partial charge in [-0.2, -0.15) is 0 Å². The second-order valence-corrected chi connectivity index (χ2v) is 5.38. The highest BCUT2D eigenvalue weighted by Crippen LogP contribution is 2.27. The van der Waals surface area contributed by atoms with Gasteiger partial charge in [0.05, 0.1) is 10.2 Å². The van der Waals surface area contributed by atoms with E-state index in [0.29, 0.717) is 5.82 Å². The van der Waals surface area contributed by atoms with Gasteiger partial charge in [-0.05, 0) is 47.3 Å². The van der Waals surface area contributed by atoms with Crippen molar-refractivity contribution in [3.63, 3.8) is 0 Å². The molecule has 0 bridgehead atoms. The summed E-state index contributed by atoms with van der Waals surface area (Å²) < 4.78 is 0.920. The first-order chi connectivity index (χ1) is 9.67. The molecular formula is C15H19BrN4. The van der Waals surface area contributed by atoms with Gasteiger partial charge in [-0.3, -0.25) is 4.98 Å². The SMILES string of the molecule is CCCNc1nc(-c2ncccc2CC)nc(C)c1Br. The first-order valence-corrected chi connectivity index (χ1v) is 7.68. The number of rotatable bonds is 5. The topological polar surface area (TPSA) is 50.7 Å². The summed E-state index contributed by atoms with van der Waals surface area (Å²) >= 11 is 3.54. The summed E-state index contributed by atoms with van der Waals surface area (Å²) in [5.41, 5.74) is 2.95. The Morgan fingerprint density at radius 2 is 2.05 bits per heavy atom. The molecule has 4 nitrogen and oxygen atoms in total. The quantitative estimate of drug-likeness (QED) is 0.897. The lowest BCUT2D eigenvalue weighted by molar-refractivity contribution is 0.955.